The van der Waals surface area contributed by atoms with E-state index in [2.05, 4.69) is 15.2 Å². The molecule has 4 rings (SSSR count). The molecule has 2 fully saturated rings. The molecule has 5 nitrogen and oxygen atoms in total. The molecule has 0 spiro atoms. The number of imidazole rings is 1. The predicted octanol–water partition coefficient (Wildman–Crippen LogP) is 2.14. The number of aromatic nitrogens is 2. The van der Waals surface area contributed by atoms with Crippen LogP contribution in [0, 0.1) is 0 Å². The van der Waals surface area contributed by atoms with Crippen molar-refractivity contribution < 1.29 is 4.79 Å². The molecule has 2 aromatic heterocycles. The lowest BCUT2D eigenvalue weighted by Crippen LogP contribution is -2.42. The molecule has 0 aliphatic carbocycles. The minimum absolute atomic E-state index is 0. The quantitative estimate of drug-likeness (QED) is 0.863. The summed E-state index contributed by atoms with van der Waals surface area (Å²) < 4.78 is 1.91. The van der Waals surface area contributed by atoms with Crippen molar-refractivity contribution >= 4 is 36.4 Å². The molecule has 2 unspecified atom stereocenters. The summed E-state index contributed by atoms with van der Waals surface area (Å²) in [6.07, 6.45) is 8.86. The Labute approximate surface area is 141 Å². The van der Waals surface area contributed by atoms with Crippen molar-refractivity contribution in [2.75, 3.05) is 13.1 Å². The van der Waals surface area contributed by atoms with E-state index in [1.165, 1.54) is 0 Å². The smallest absolute Gasteiger partial charge is 0.255 e. The van der Waals surface area contributed by atoms with Crippen molar-refractivity contribution in [1.82, 2.24) is 19.6 Å². The number of hydrogen-bond donors (Lipinski definition) is 1. The second-order valence-corrected chi connectivity index (χ2v) is 5.70. The summed E-state index contributed by atoms with van der Waals surface area (Å²) in [5, 5.41) is 3.43. The van der Waals surface area contributed by atoms with E-state index in [0.29, 0.717) is 12.1 Å². The van der Waals surface area contributed by atoms with Crippen LogP contribution in [0.1, 0.15) is 29.6 Å². The zero-order chi connectivity index (χ0) is 13.5. The standard InChI is InChI=1S/C15H18N4O.2ClH/c20-15(11-1-4-14-17-7-8-18(14)10-11)19-12-2-3-13(19)9-16-6-5-12;;/h1,4,7-8,10,12-13,16H,2-3,5-6,9H2;2*1H. The van der Waals surface area contributed by atoms with Crippen LogP contribution in [-0.4, -0.2) is 45.4 Å². The maximum Gasteiger partial charge on any atom is 0.255 e. The predicted molar refractivity (Wildman–Crippen MR) is 90.2 cm³/mol. The molecule has 1 N–H and O–H groups in total. The third kappa shape index (κ3) is 2.81. The Hall–Kier alpha value is -1.30. The second-order valence-electron chi connectivity index (χ2n) is 5.70. The molecule has 4 heterocycles. The number of carbonyl (C=O) groups is 1. The highest BCUT2D eigenvalue weighted by atomic mass is 35.5. The monoisotopic (exact) mass is 342 g/mol. The van der Waals surface area contributed by atoms with Gasteiger partial charge in [-0.2, -0.15) is 0 Å². The molecular weight excluding hydrogens is 323 g/mol. The minimum Gasteiger partial charge on any atom is -0.331 e. The topological polar surface area (TPSA) is 49.6 Å². The first kappa shape index (κ1) is 17.1. The first-order chi connectivity index (χ1) is 9.83. The van der Waals surface area contributed by atoms with E-state index in [9.17, 15) is 4.79 Å². The van der Waals surface area contributed by atoms with Crippen LogP contribution in [0.15, 0.2) is 30.7 Å². The van der Waals surface area contributed by atoms with Crippen molar-refractivity contribution in [1.29, 1.82) is 0 Å². The Morgan fingerprint density at radius 2 is 2.00 bits per heavy atom. The molecule has 120 valence electrons. The van der Waals surface area contributed by atoms with Gasteiger partial charge in [0.25, 0.3) is 5.91 Å². The van der Waals surface area contributed by atoms with Crippen LogP contribution < -0.4 is 5.32 Å². The molecular formula is C15H20Cl2N4O. The van der Waals surface area contributed by atoms with Gasteiger partial charge in [-0.25, -0.2) is 4.98 Å². The van der Waals surface area contributed by atoms with Gasteiger partial charge in [0, 0.05) is 37.2 Å². The van der Waals surface area contributed by atoms with Gasteiger partial charge in [0.2, 0.25) is 0 Å². The van der Waals surface area contributed by atoms with E-state index < -0.39 is 0 Å². The zero-order valence-corrected chi connectivity index (χ0v) is 13.8. The van der Waals surface area contributed by atoms with Crippen LogP contribution in [0.25, 0.3) is 5.65 Å². The SMILES string of the molecule is Cl.Cl.O=C(c1ccc2nccn2c1)N1C2CCNCC1CC2. The van der Waals surface area contributed by atoms with Crippen LogP contribution in [0.3, 0.4) is 0 Å². The van der Waals surface area contributed by atoms with Crippen molar-refractivity contribution in [3.63, 3.8) is 0 Å². The average Bonchev–Trinajstić information content (AvgIpc) is 3.00. The van der Waals surface area contributed by atoms with Gasteiger partial charge in [0.05, 0.1) is 5.56 Å². The van der Waals surface area contributed by atoms with Crippen LogP contribution in [-0.2, 0) is 0 Å². The average molecular weight is 343 g/mol. The Balaban J connectivity index is 0.000000882. The molecule has 0 aromatic carbocycles. The third-order valence-electron chi connectivity index (χ3n) is 4.52. The zero-order valence-electron chi connectivity index (χ0n) is 12.1. The highest BCUT2D eigenvalue weighted by molar-refractivity contribution is 5.95. The van der Waals surface area contributed by atoms with Crippen LogP contribution >= 0.6 is 24.8 Å². The highest BCUT2D eigenvalue weighted by Gasteiger charge is 2.38. The molecule has 1 amide bonds. The summed E-state index contributed by atoms with van der Waals surface area (Å²) in [7, 11) is 0. The van der Waals surface area contributed by atoms with Gasteiger partial charge in [0.1, 0.15) is 5.65 Å². The summed E-state index contributed by atoms with van der Waals surface area (Å²) in [6, 6.07) is 4.56. The van der Waals surface area contributed by atoms with E-state index in [4.69, 9.17) is 0 Å². The fraction of sp³-hybridized carbons (Fsp3) is 0.467. The Bertz CT molecular complexity index is 646. The van der Waals surface area contributed by atoms with Gasteiger partial charge in [0.15, 0.2) is 0 Å². The maximum absolute atomic E-state index is 12.8. The number of nitrogens with one attached hydrogen (secondary N) is 1. The molecule has 0 radical (unpaired) electrons. The number of carbonyl (C=O) groups excluding carboxylic acids is 1. The molecule has 2 atom stereocenters. The Morgan fingerprint density at radius 1 is 1.18 bits per heavy atom. The van der Waals surface area contributed by atoms with Gasteiger partial charge in [-0.1, -0.05) is 0 Å². The van der Waals surface area contributed by atoms with Crippen LogP contribution in [0.4, 0.5) is 0 Å². The first-order valence-electron chi connectivity index (χ1n) is 7.29. The number of halogens is 2. The summed E-state index contributed by atoms with van der Waals surface area (Å²) in [4.78, 5) is 19.2. The Morgan fingerprint density at radius 3 is 2.86 bits per heavy atom. The summed E-state index contributed by atoms with van der Waals surface area (Å²) in [5.41, 5.74) is 1.64. The molecule has 0 saturated carbocycles. The van der Waals surface area contributed by atoms with Crippen molar-refractivity contribution in [2.45, 2.75) is 31.3 Å². The van der Waals surface area contributed by atoms with Crippen LogP contribution in [0.2, 0.25) is 0 Å². The lowest BCUT2D eigenvalue weighted by Gasteiger charge is -2.28. The fourth-order valence-corrected chi connectivity index (χ4v) is 3.51. The fourth-order valence-electron chi connectivity index (χ4n) is 3.51. The lowest BCUT2D eigenvalue weighted by atomic mass is 10.1. The van der Waals surface area contributed by atoms with Gasteiger partial charge in [-0.15, -0.1) is 24.8 Å². The molecule has 7 heteroatoms. The number of fused-ring (bicyclic) bond motifs is 3. The van der Waals surface area contributed by atoms with Crippen LogP contribution in [0.5, 0.6) is 0 Å². The van der Waals surface area contributed by atoms with Crippen molar-refractivity contribution in [3.05, 3.63) is 36.3 Å². The molecule has 2 saturated heterocycles. The largest absolute Gasteiger partial charge is 0.331 e. The molecule has 2 bridgehead atoms. The molecule has 22 heavy (non-hydrogen) atoms. The normalized spacial score (nSPS) is 23.5. The van der Waals surface area contributed by atoms with Crippen molar-refractivity contribution in [2.24, 2.45) is 0 Å². The first-order valence-corrected chi connectivity index (χ1v) is 7.29. The summed E-state index contributed by atoms with van der Waals surface area (Å²) in [6.45, 7) is 1.95. The van der Waals surface area contributed by atoms with E-state index in [-0.39, 0.29) is 30.7 Å². The lowest BCUT2D eigenvalue weighted by molar-refractivity contribution is 0.0680. The number of rotatable bonds is 1. The number of amides is 1. The van der Waals surface area contributed by atoms with E-state index >= 15 is 0 Å². The third-order valence-corrected chi connectivity index (χ3v) is 4.52. The van der Waals surface area contributed by atoms with E-state index in [0.717, 1.165) is 43.6 Å². The van der Waals surface area contributed by atoms with Gasteiger partial charge in [-0.3, -0.25) is 4.79 Å². The summed E-state index contributed by atoms with van der Waals surface area (Å²) in [5.74, 6) is 0.164. The van der Waals surface area contributed by atoms with Gasteiger partial charge in [-0.05, 0) is 37.9 Å². The molecule has 2 aliphatic rings. The maximum atomic E-state index is 12.8. The number of nitrogens with zero attached hydrogens (tertiary/aromatic N) is 3. The summed E-state index contributed by atoms with van der Waals surface area (Å²) >= 11 is 0. The number of hydrogen-bond acceptors (Lipinski definition) is 3. The molecule has 2 aromatic rings. The highest BCUT2D eigenvalue weighted by Crippen LogP contribution is 2.29. The minimum atomic E-state index is 0. The number of pyridine rings is 1. The van der Waals surface area contributed by atoms with Crippen molar-refractivity contribution in [3.8, 4) is 0 Å². The van der Waals surface area contributed by atoms with E-state index in [1.54, 1.807) is 6.20 Å². The Kier molecular flexibility index (Phi) is 5.32. The van der Waals surface area contributed by atoms with Gasteiger partial charge < -0.3 is 14.6 Å². The molecule has 2 aliphatic heterocycles. The second kappa shape index (κ2) is 6.86. The van der Waals surface area contributed by atoms with E-state index in [1.807, 2.05) is 28.9 Å². The van der Waals surface area contributed by atoms with Gasteiger partial charge >= 0.3 is 0 Å².